The SMILES string of the molecule is CC(=O)N[C@H]1[C@H](O[C@@H]([C@H](O)[C@H](CO)NC(C)=O)[C@H](O)CO)O[C@H](CO)[C@@H](O[C@@H]2O[C@H](CO[C@H]3O[C@H](CO)[C@@H](O)[C@H](O)[C@@H]3O[C@@H]3O[C@H](CO)[C@@H](O[C@@H]4O[C@H](CO)[C@H](O)[C@H](O)[C@H]4O)[C@H](O[C@@H]4O[C@@H](C)[C@@H](O)[C@@H](O)[C@@H]4O)[C@H]3NC(C)=O)[C@@H](O)[C@H](O[C@H]3O[C@H](CO)[C@@H](O)[C@H](O)[C@@H]3O[C@@H]3O[C@H](CO)[C@@H](O[C@@H]4O[C@H](CO)[C@H](O)[C@H](O)[C@H]4O)[C@H](O[C@@H]4O[C@@H](C)[C@@H](O)[C@@H](O)[C@@H]4O)[C@H]3NC(C)=O)[C@@H]2O)[C@@H]1O. The van der Waals surface area contributed by atoms with Crippen molar-refractivity contribution in [1.29, 1.82) is 0 Å². The summed E-state index contributed by atoms with van der Waals surface area (Å²) in [4.78, 5) is 52.5. The predicted molar refractivity (Wildman–Crippen MR) is 408 cm³/mol. The number of nitrogens with one attached hydrogen (secondary N) is 4. The summed E-state index contributed by atoms with van der Waals surface area (Å²) in [6, 6.07) is -7.91. The van der Waals surface area contributed by atoms with Crippen LogP contribution < -0.4 is 21.3 Å². The summed E-state index contributed by atoms with van der Waals surface area (Å²) < 4.78 is 122. The monoisotopic (exact) mass is 1930 g/mol. The first-order valence-corrected chi connectivity index (χ1v) is 42.3. The molecular weight excluding hydrogens is 1810 g/mol. The summed E-state index contributed by atoms with van der Waals surface area (Å²) in [6.45, 7) is -5.90. The van der Waals surface area contributed by atoms with Crippen LogP contribution in [0.15, 0.2) is 0 Å². The van der Waals surface area contributed by atoms with Crippen LogP contribution >= 0.6 is 0 Å². The molecule has 0 aromatic heterocycles. The lowest BCUT2D eigenvalue weighted by Crippen LogP contribution is -2.71. The molecule has 0 saturated carbocycles. The second-order valence-electron chi connectivity index (χ2n) is 33.5. The van der Waals surface area contributed by atoms with Gasteiger partial charge >= 0.3 is 0 Å². The summed E-state index contributed by atoms with van der Waals surface area (Å²) in [7, 11) is 0. The molecule has 58 heteroatoms. The third-order valence-corrected chi connectivity index (χ3v) is 24.2. The quantitative estimate of drug-likeness (QED) is 0.0275. The zero-order valence-electron chi connectivity index (χ0n) is 71.5. The third kappa shape index (κ3) is 24.5. The van der Waals surface area contributed by atoms with Gasteiger partial charge in [0.2, 0.25) is 23.6 Å². The molecule has 34 N–H and O–H groups in total. The average Bonchev–Trinajstić information content (AvgIpc) is 0.759. The molecule has 10 saturated heterocycles. The van der Waals surface area contributed by atoms with E-state index in [1.165, 1.54) is 13.8 Å². The molecular formula is C74H126N4O54. The van der Waals surface area contributed by atoms with E-state index in [0.29, 0.717) is 0 Å². The summed E-state index contributed by atoms with van der Waals surface area (Å²) in [5.74, 6) is -3.95. The second-order valence-corrected chi connectivity index (χ2v) is 33.5. The van der Waals surface area contributed by atoms with E-state index in [1.54, 1.807) is 0 Å². The molecule has 10 aliphatic rings. The van der Waals surface area contributed by atoms with Crippen molar-refractivity contribution in [2.75, 3.05) is 66.1 Å². The molecule has 10 aliphatic heterocycles. The van der Waals surface area contributed by atoms with Crippen LogP contribution in [0, 0.1) is 0 Å². The Morgan fingerprint density at radius 1 is 0.273 bits per heavy atom. The lowest BCUT2D eigenvalue weighted by Gasteiger charge is -2.52. The molecule has 4 amide bonds. The van der Waals surface area contributed by atoms with E-state index in [2.05, 4.69) is 21.3 Å². The van der Waals surface area contributed by atoms with Gasteiger partial charge in [-0.25, -0.2) is 0 Å². The lowest BCUT2D eigenvalue weighted by molar-refractivity contribution is -0.404. The first-order chi connectivity index (χ1) is 62.4. The number of hydrogen-bond acceptors (Lipinski definition) is 54. The van der Waals surface area contributed by atoms with Gasteiger partial charge in [-0.2, -0.15) is 0 Å². The maximum absolute atomic E-state index is 13.6. The summed E-state index contributed by atoms with van der Waals surface area (Å²) in [5, 5.41) is 346. The Labute approximate surface area is 748 Å². The van der Waals surface area contributed by atoms with E-state index < -0.39 is 421 Å². The van der Waals surface area contributed by atoms with Crippen molar-refractivity contribution in [3.63, 3.8) is 0 Å². The van der Waals surface area contributed by atoms with Crippen LogP contribution in [0.3, 0.4) is 0 Å². The fourth-order valence-electron chi connectivity index (χ4n) is 16.9. The van der Waals surface area contributed by atoms with Gasteiger partial charge in [-0.15, -0.1) is 0 Å². The zero-order chi connectivity index (χ0) is 97.5. The van der Waals surface area contributed by atoms with E-state index in [1.807, 2.05) is 0 Å². The molecule has 54 atom stereocenters. The van der Waals surface area contributed by atoms with Crippen molar-refractivity contribution < 1.29 is 267 Å². The Morgan fingerprint density at radius 2 is 0.583 bits per heavy atom. The van der Waals surface area contributed by atoms with Gasteiger partial charge in [-0.05, 0) is 13.8 Å². The lowest BCUT2D eigenvalue weighted by atomic mass is 9.93. The molecule has 0 aliphatic carbocycles. The maximum atomic E-state index is 13.6. The van der Waals surface area contributed by atoms with Gasteiger partial charge < -0.3 is 269 Å². The molecule has 0 radical (unpaired) electrons. The average molecular weight is 1940 g/mol. The minimum Gasteiger partial charge on any atom is -0.394 e. The molecule has 0 spiro atoms. The molecule has 10 fully saturated rings. The Kier molecular flexibility index (Phi) is 40.3. The molecule has 0 unspecified atom stereocenters. The maximum Gasteiger partial charge on any atom is 0.217 e. The number of aliphatic hydroxyl groups excluding tert-OH is 30. The zero-order valence-corrected chi connectivity index (χ0v) is 71.5. The second kappa shape index (κ2) is 48.4. The first kappa shape index (κ1) is 110. The van der Waals surface area contributed by atoms with E-state index in [4.69, 9.17) is 94.7 Å². The number of ether oxygens (including phenoxy) is 20. The normalized spacial score (nSPS) is 47.8. The predicted octanol–water partition coefficient (Wildman–Crippen LogP) is -22.7. The minimum absolute atomic E-state index is 0.842. The highest BCUT2D eigenvalue weighted by Crippen LogP contribution is 2.42. The summed E-state index contributed by atoms with van der Waals surface area (Å²) >= 11 is 0. The van der Waals surface area contributed by atoms with Crippen LogP contribution in [-0.2, 0) is 114 Å². The molecule has 0 aromatic carbocycles. The van der Waals surface area contributed by atoms with Crippen LogP contribution in [0.1, 0.15) is 41.5 Å². The number of amides is 4. The van der Waals surface area contributed by atoms with Crippen LogP contribution in [0.4, 0.5) is 0 Å². The van der Waals surface area contributed by atoms with Gasteiger partial charge in [0.05, 0.1) is 84.3 Å². The van der Waals surface area contributed by atoms with Crippen LogP contribution in [0.2, 0.25) is 0 Å². The van der Waals surface area contributed by atoms with Crippen LogP contribution in [0.25, 0.3) is 0 Å². The van der Waals surface area contributed by atoms with Crippen molar-refractivity contribution in [3.05, 3.63) is 0 Å². The van der Waals surface area contributed by atoms with E-state index in [-0.39, 0.29) is 0 Å². The molecule has 0 bridgehead atoms. The Bertz CT molecular complexity index is 3560. The molecule has 132 heavy (non-hydrogen) atoms. The van der Waals surface area contributed by atoms with Crippen LogP contribution in [0.5, 0.6) is 0 Å². The fourth-order valence-corrected chi connectivity index (χ4v) is 16.9. The molecule has 10 heterocycles. The Morgan fingerprint density at radius 3 is 0.977 bits per heavy atom. The van der Waals surface area contributed by atoms with Gasteiger partial charge in [-0.3, -0.25) is 19.2 Å². The first-order valence-electron chi connectivity index (χ1n) is 42.3. The highest BCUT2D eigenvalue weighted by molar-refractivity contribution is 5.74. The van der Waals surface area contributed by atoms with E-state index in [9.17, 15) is 172 Å². The number of carbonyl (C=O) groups excluding carboxylic acids is 4. The van der Waals surface area contributed by atoms with Gasteiger partial charge in [-0.1, -0.05) is 0 Å². The Hall–Kier alpha value is -4.12. The largest absolute Gasteiger partial charge is 0.394 e. The van der Waals surface area contributed by atoms with E-state index in [0.717, 1.165) is 27.7 Å². The summed E-state index contributed by atoms with van der Waals surface area (Å²) in [5.41, 5.74) is 0. The smallest absolute Gasteiger partial charge is 0.217 e. The highest BCUT2D eigenvalue weighted by atomic mass is 16.8. The standard InChI is InChI=1S/C74H126N4O54/c1-17-36(93)45(102)51(108)68(114-17)128-60-34(77-21(5)90)66(121-30(14-86)58(60)126-70-53(110)47(104)39(96)25(9-81)116-70)131-63-49(106)41(98)27(11-83)118-73(63)113-16-32-43(100)62(55(112)72(123-32)125-57-29(13-85)120-65(33(44(57)101)76-20(4)89)124-56(24(92)8-80)38(95)23(7-79)75-19(3)88)130-74-64(50(107)42(99)28(12-84)119-74)132-67-35(78-22(6)91)61(129-69-52(109)46(103)37(94)18(2)115-69)59(31(15-87)122-67)127-71-54(111)48(105)40(97)26(10-82)117-71/h17-18,23-74,79-87,92-112H,7-16H2,1-6H3,(H,75,88)(H,76,89)(H,77,90)(H,78,91)/t17-,18-,23-,24+,25+,26+,27+,28+,29+,30+,31+,32+,33+,34+,35+,36+,37+,38+,39-,40-,41+,42+,43+,44+,45+,46+,47-,48-,49-,50-,51-,52-,53+,54+,55-,56+,57+,58+,59+,60+,61+,62-,63-,64-,65-,66-,67-,68-,69-,70-,71-,72-,73-,74+/m0/s1. The molecule has 0 aromatic rings. The number of rotatable bonds is 37. The van der Waals surface area contributed by atoms with Crippen molar-refractivity contribution in [1.82, 2.24) is 21.3 Å². The van der Waals surface area contributed by atoms with Crippen LogP contribution in [-0.4, -0.2) is 574 Å². The minimum atomic E-state index is -2.71. The van der Waals surface area contributed by atoms with Crippen molar-refractivity contribution >= 4 is 23.6 Å². The van der Waals surface area contributed by atoms with Gasteiger partial charge in [0, 0.05) is 27.7 Å². The fraction of sp³-hybridized carbons (Fsp3) is 0.946. The van der Waals surface area contributed by atoms with Crippen molar-refractivity contribution in [3.8, 4) is 0 Å². The number of carbonyl (C=O) groups is 4. The molecule has 58 nitrogen and oxygen atoms in total. The highest BCUT2D eigenvalue weighted by Gasteiger charge is 2.63. The topological polar surface area (TPSA) is 908 Å². The number of hydrogen-bond donors (Lipinski definition) is 34. The Balaban J connectivity index is 1.04. The van der Waals surface area contributed by atoms with E-state index >= 15 is 0 Å². The van der Waals surface area contributed by atoms with Crippen molar-refractivity contribution in [2.24, 2.45) is 0 Å². The van der Waals surface area contributed by atoms with Crippen molar-refractivity contribution in [2.45, 2.75) is 373 Å². The number of aliphatic hydroxyl groups is 30. The van der Waals surface area contributed by atoms with Gasteiger partial charge in [0.1, 0.15) is 250 Å². The molecule has 766 valence electrons. The van der Waals surface area contributed by atoms with Gasteiger partial charge in [0.25, 0.3) is 0 Å². The van der Waals surface area contributed by atoms with Gasteiger partial charge in [0.15, 0.2) is 62.9 Å². The molecule has 10 rings (SSSR count). The summed E-state index contributed by atoms with van der Waals surface area (Å²) in [6.07, 6.45) is -108. The third-order valence-electron chi connectivity index (χ3n) is 24.2.